The van der Waals surface area contributed by atoms with Gasteiger partial charge in [-0.1, -0.05) is 18.2 Å². The molecule has 0 spiro atoms. The Labute approximate surface area is 130 Å². The predicted octanol–water partition coefficient (Wildman–Crippen LogP) is 2.22. The lowest BCUT2D eigenvalue weighted by molar-refractivity contribution is 0.0995. The average molecular weight is 301 g/mol. The molecule has 0 unspecified atom stereocenters. The smallest absolute Gasteiger partial charge is 0.266 e. The molecule has 0 saturated heterocycles. The highest BCUT2D eigenvalue weighted by atomic mass is 16.3. The van der Waals surface area contributed by atoms with Crippen LogP contribution in [0, 0.1) is 13.8 Å². The first-order chi connectivity index (χ1) is 10.4. The molecule has 0 bridgehead atoms. The normalized spacial score (nSPS) is 13.8. The van der Waals surface area contributed by atoms with Gasteiger partial charge in [0.1, 0.15) is 11.5 Å². The third kappa shape index (κ3) is 3.54. The number of carbonyl (C=O) groups is 1. The fourth-order valence-corrected chi connectivity index (χ4v) is 2.65. The molecule has 4 N–H and O–H groups in total. The minimum absolute atomic E-state index is 0.159. The lowest BCUT2D eigenvalue weighted by atomic mass is 9.92. The van der Waals surface area contributed by atoms with Crippen LogP contribution in [-0.4, -0.2) is 27.1 Å². The highest BCUT2D eigenvalue weighted by Gasteiger charge is 2.21. The second-order valence-corrected chi connectivity index (χ2v) is 5.79. The first-order valence-electron chi connectivity index (χ1n) is 7.48. The van der Waals surface area contributed by atoms with Gasteiger partial charge in [-0.25, -0.2) is 4.98 Å². The number of nitrogens with one attached hydrogen (secondary N) is 1. The van der Waals surface area contributed by atoms with Gasteiger partial charge in [0.05, 0.1) is 12.3 Å². The van der Waals surface area contributed by atoms with E-state index in [1.807, 2.05) is 6.07 Å². The lowest BCUT2D eigenvalue weighted by Crippen LogP contribution is -2.18. The molecule has 1 aromatic carbocycles. The van der Waals surface area contributed by atoms with E-state index in [-0.39, 0.29) is 11.6 Å². The molecule has 0 aliphatic heterocycles. The molecule has 5 nitrogen and oxygen atoms in total. The fraction of sp³-hybridized carbons (Fsp3) is 0.412. The first kappa shape index (κ1) is 16.2. The Morgan fingerprint density at radius 3 is 2.73 bits per heavy atom. The molecule has 2 rings (SSSR count). The van der Waals surface area contributed by atoms with Crippen LogP contribution in [0.25, 0.3) is 0 Å². The minimum atomic E-state index is -0.558. The number of primary amides is 1. The van der Waals surface area contributed by atoms with Crippen LogP contribution >= 0.6 is 0 Å². The number of aromatic amines is 1. The van der Waals surface area contributed by atoms with E-state index in [4.69, 9.17) is 5.73 Å². The quantitative estimate of drug-likeness (QED) is 0.764. The van der Waals surface area contributed by atoms with Gasteiger partial charge in [0.15, 0.2) is 0 Å². The van der Waals surface area contributed by atoms with Crippen molar-refractivity contribution in [2.45, 2.75) is 45.6 Å². The van der Waals surface area contributed by atoms with Crippen LogP contribution in [0.15, 0.2) is 24.4 Å². The van der Waals surface area contributed by atoms with E-state index in [1.165, 1.54) is 22.9 Å². The number of imidazole rings is 1. The maximum atomic E-state index is 11.2. The summed E-state index contributed by atoms with van der Waals surface area (Å²) in [6.07, 6.45) is 2.45. The van der Waals surface area contributed by atoms with Crippen LogP contribution < -0.4 is 5.73 Å². The van der Waals surface area contributed by atoms with Crippen molar-refractivity contribution in [1.29, 1.82) is 0 Å². The summed E-state index contributed by atoms with van der Waals surface area (Å²) in [6, 6.07) is 6.25. The number of aryl methyl sites for hydroxylation is 2. The highest BCUT2D eigenvalue weighted by Crippen LogP contribution is 2.25. The Morgan fingerprint density at radius 1 is 1.41 bits per heavy atom. The van der Waals surface area contributed by atoms with Crippen molar-refractivity contribution in [3.63, 3.8) is 0 Å². The summed E-state index contributed by atoms with van der Waals surface area (Å²) in [7, 11) is 0. The molecular weight excluding hydrogens is 278 g/mol. The number of H-pyrrole nitrogens is 1. The maximum Gasteiger partial charge on any atom is 0.266 e. The van der Waals surface area contributed by atoms with Gasteiger partial charge < -0.3 is 15.8 Å². The van der Waals surface area contributed by atoms with Crippen molar-refractivity contribution < 1.29 is 9.90 Å². The molecule has 0 radical (unpaired) electrons. The monoisotopic (exact) mass is 301 g/mol. The van der Waals surface area contributed by atoms with E-state index in [0.717, 1.165) is 12.8 Å². The Kier molecular flexibility index (Phi) is 4.98. The molecule has 0 aliphatic carbocycles. The molecule has 1 amide bonds. The van der Waals surface area contributed by atoms with Crippen LogP contribution in [0.4, 0.5) is 0 Å². The van der Waals surface area contributed by atoms with Gasteiger partial charge >= 0.3 is 0 Å². The molecular formula is C17H23N3O2. The first-order valence-corrected chi connectivity index (χ1v) is 7.48. The van der Waals surface area contributed by atoms with E-state index < -0.39 is 12.0 Å². The molecule has 0 aliphatic rings. The topological polar surface area (TPSA) is 92.0 Å². The maximum absolute atomic E-state index is 11.2. The molecule has 118 valence electrons. The third-order valence-electron chi connectivity index (χ3n) is 4.24. The fourth-order valence-electron chi connectivity index (χ4n) is 2.65. The molecule has 0 fully saturated rings. The standard InChI is InChI=1S/C17H23N3O2/c1-10-5-4-6-13(11(10)2)7-8-14(12(3)21)17-19-9-15(20-17)16(18)22/h4-6,9,12,14,21H,7-8H2,1-3H3,(H2,18,22)(H,19,20)/t12-,14-/m0/s1. The van der Waals surface area contributed by atoms with E-state index in [0.29, 0.717) is 5.82 Å². The molecule has 0 saturated carbocycles. The summed E-state index contributed by atoms with van der Waals surface area (Å²) < 4.78 is 0. The number of hydrogen-bond donors (Lipinski definition) is 3. The van der Waals surface area contributed by atoms with Crippen molar-refractivity contribution >= 4 is 5.91 Å². The summed E-state index contributed by atoms with van der Waals surface area (Å²) in [5.41, 5.74) is 9.32. The van der Waals surface area contributed by atoms with Crippen LogP contribution in [0.1, 0.15) is 52.3 Å². The van der Waals surface area contributed by atoms with Crippen molar-refractivity contribution in [1.82, 2.24) is 9.97 Å². The zero-order valence-electron chi connectivity index (χ0n) is 13.3. The van der Waals surface area contributed by atoms with Gasteiger partial charge in [0.2, 0.25) is 0 Å². The summed E-state index contributed by atoms with van der Waals surface area (Å²) in [6.45, 7) is 5.94. The highest BCUT2D eigenvalue weighted by molar-refractivity contribution is 5.90. The zero-order valence-corrected chi connectivity index (χ0v) is 13.3. The van der Waals surface area contributed by atoms with Crippen molar-refractivity contribution in [3.05, 3.63) is 52.6 Å². The molecule has 2 aromatic rings. The van der Waals surface area contributed by atoms with Crippen molar-refractivity contribution in [2.75, 3.05) is 0 Å². The number of nitrogens with zero attached hydrogens (tertiary/aromatic N) is 1. The Hall–Kier alpha value is -2.14. The molecule has 1 aromatic heterocycles. The third-order valence-corrected chi connectivity index (χ3v) is 4.24. The van der Waals surface area contributed by atoms with E-state index >= 15 is 0 Å². The molecule has 2 atom stereocenters. The number of amides is 1. The minimum Gasteiger partial charge on any atom is -0.393 e. The summed E-state index contributed by atoms with van der Waals surface area (Å²) in [5.74, 6) is -0.0975. The van der Waals surface area contributed by atoms with Crippen molar-refractivity contribution in [3.8, 4) is 0 Å². The largest absolute Gasteiger partial charge is 0.393 e. The van der Waals surface area contributed by atoms with Gasteiger partial charge in [-0.2, -0.15) is 0 Å². The van der Waals surface area contributed by atoms with Gasteiger partial charge in [-0.15, -0.1) is 0 Å². The number of aliphatic hydroxyl groups is 1. The van der Waals surface area contributed by atoms with Gasteiger partial charge in [-0.3, -0.25) is 4.79 Å². The van der Waals surface area contributed by atoms with E-state index in [9.17, 15) is 9.90 Å². The van der Waals surface area contributed by atoms with Gasteiger partial charge in [0, 0.05) is 5.92 Å². The second-order valence-electron chi connectivity index (χ2n) is 5.79. The number of nitrogens with two attached hydrogens (primary N) is 1. The number of aliphatic hydroxyl groups excluding tert-OH is 1. The number of hydrogen-bond acceptors (Lipinski definition) is 3. The number of rotatable bonds is 6. The average Bonchev–Trinajstić information content (AvgIpc) is 2.93. The zero-order chi connectivity index (χ0) is 16.3. The van der Waals surface area contributed by atoms with E-state index in [2.05, 4.69) is 35.9 Å². The van der Waals surface area contributed by atoms with Crippen LogP contribution in [0.2, 0.25) is 0 Å². The Balaban J connectivity index is 2.15. The predicted molar refractivity (Wildman–Crippen MR) is 85.8 cm³/mol. The lowest BCUT2D eigenvalue weighted by Gasteiger charge is -2.18. The summed E-state index contributed by atoms with van der Waals surface area (Å²) in [4.78, 5) is 18.3. The van der Waals surface area contributed by atoms with Gasteiger partial charge in [0.25, 0.3) is 5.91 Å². The molecule has 5 heteroatoms. The molecule has 1 heterocycles. The number of benzene rings is 1. The molecule has 22 heavy (non-hydrogen) atoms. The van der Waals surface area contributed by atoms with Crippen LogP contribution in [-0.2, 0) is 6.42 Å². The van der Waals surface area contributed by atoms with E-state index in [1.54, 1.807) is 6.92 Å². The van der Waals surface area contributed by atoms with Gasteiger partial charge in [-0.05, 0) is 50.3 Å². The second kappa shape index (κ2) is 6.75. The number of aromatic nitrogens is 2. The summed E-state index contributed by atoms with van der Waals surface area (Å²) >= 11 is 0. The van der Waals surface area contributed by atoms with Crippen LogP contribution in [0.3, 0.4) is 0 Å². The summed E-state index contributed by atoms with van der Waals surface area (Å²) in [5, 5.41) is 10.0. The van der Waals surface area contributed by atoms with Crippen LogP contribution in [0.5, 0.6) is 0 Å². The van der Waals surface area contributed by atoms with Crippen molar-refractivity contribution in [2.24, 2.45) is 5.73 Å². The SMILES string of the molecule is Cc1cccc(CC[C@H](c2ncc(C(N)=O)[nH]2)[C@H](C)O)c1C. The Bertz CT molecular complexity index is 662. The number of carbonyl (C=O) groups excluding carboxylic acids is 1. The Morgan fingerprint density at radius 2 is 2.14 bits per heavy atom.